The lowest BCUT2D eigenvalue weighted by Gasteiger charge is -2.14. The second-order valence-corrected chi connectivity index (χ2v) is 5.42. The van der Waals surface area contributed by atoms with Crippen LogP contribution in [0.1, 0.15) is 46.4 Å². The number of hydrogen-bond donors (Lipinski definition) is 0. The molecule has 0 amide bonds. The van der Waals surface area contributed by atoms with Gasteiger partial charge in [-0.25, -0.2) is 0 Å². The van der Waals surface area contributed by atoms with Crippen LogP contribution < -0.4 is 0 Å². The Bertz CT molecular complexity index is 284. The summed E-state index contributed by atoms with van der Waals surface area (Å²) in [5.74, 6) is 2.09. The smallest absolute Gasteiger partial charge is 0.217 e. The van der Waals surface area contributed by atoms with Crippen molar-refractivity contribution in [2.45, 2.75) is 47.5 Å². The Kier molecular flexibility index (Phi) is 3.29. The summed E-state index contributed by atoms with van der Waals surface area (Å²) in [4.78, 5) is 0. The molecule has 0 radical (unpaired) electrons. The van der Waals surface area contributed by atoms with Crippen LogP contribution in [0.2, 0.25) is 0 Å². The van der Waals surface area contributed by atoms with Crippen molar-refractivity contribution in [3.63, 3.8) is 0 Å². The lowest BCUT2D eigenvalue weighted by molar-refractivity contribution is 0.341. The summed E-state index contributed by atoms with van der Waals surface area (Å²) in [5.41, 5.74) is 0.210. The minimum Gasteiger partial charge on any atom is -0.425 e. The van der Waals surface area contributed by atoms with Gasteiger partial charge in [-0.2, -0.15) is 0 Å². The van der Waals surface area contributed by atoms with E-state index in [-0.39, 0.29) is 5.41 Å². The lowest BCUT2D eigenvalue weighted by Crippen LogP contribution is -2.09. The molecular weight excluding hydrogens is 176 g/mol. The van der Waals surface area contributed by atoms with E-state index in [0.717, 1.165) is 24.6 Å². The summed E-state index contributed by atoms with van der Waals surface area (Å²) in [6, 6.07) is 0. The monoisotopic (exact) mass is 196 g/mol. The molecule has 0 saturated heterocycles. The van der Waals surface area contributed by atoms with Crippen molar-refractivity contribution < 1.29 is 4.42 Å². The van der Waals surface area contributed by atoms with Crippen LogP contribution in [0.4, 0.5) is 0 Å². The maximum absolute atomic E-state index is 5.55. The van der Waals surface area contributed by atoms with Crippen molar-refractivity contribution in [3.05, 3.63) is 11.8 Å². The van der Waals surface area contributed by atoms with Gasteiger partial charge in [0.15, 0.2) is 0 Å². The molecule has 0 fully saturated rings. The molecule has 1 aromatic heterocycles. The molecule has 0 aliphatic carbocycles. The Hall–Kier alpha value is -0.860. The average molecular weight is 196 g/mol. The van der Waals surface area contributed by atoms with E-state index in [1.807, 2.05) is 0 Å². The van der Waals surface area contributed by atoms with Gasteiger partial charge >= 0.3 is 0 Å². The molecule has 1 rings (SSSR count). The van der Waals surface area contributed by atoms with E-state index in [0.29, 0.717) is 5.92 Å². The Labute approximate surface area is 85.9 Å². The third-order valence-corrected chi connectivity index (χ3v) is 1.77. The van der Waals surface area contributed by atoms with E-state index in [9.17, 15) is 0 Å². The van der Waals surface area contributed by atoms with Crippen LogP contribution >= 0.6 is 0 Å². The maximum atomic E-state index is 5.55. The summed E-state index contributed by atoms with van der Waals surface area (Å²) in [5, 5.41) is 8.06. The first-order valence-electron chi connectivity index (χ1n) is 5.18. The highest BCUT2D eigenvalue weighted by atomic mass is 16.4. The highest BCUT2D eigenvalue weighted by molar-refractivity contribution is 4.86. The summed E-state index contributed by atoms with van der Waals surface area (Å²) >= 11 is 0. The molecule has 0 N–H and O–H groups in total. The normalized spacial score (nSPS) is 12.4. The Morgan fingerprint density at radius 1 is 1.14 bits per heavy atom. The van der Waals surface area contributed by atoms with Crippen molar-refractivity contribution in [1.82, 2.24) is 10.2 Å². The molecule has 14 heavy (non-hydrogen) atoms. The fraction of sp³-hybridized carbons (Fsp3) is 0.818. The van der Waals surface area contributed by atoms with Crippen molar-refractivity contribution in [3.8, 4) is 0 Å². The SMILES string of the molecule is CC(C)Cc1nnc(CC(C)(C)C)o1. The molecule has 1 aromatic rings. The first-order chi connectivity index (χ1) is 6.37. The molecule has 0 bridgehead atoms. The fourth-order valence-corrected chi connectivity index (χ4v) is 1.25. The zero-order valence-corrected chi connectivity index (χ0v) is 9.79. The molecule has 1 heterocycles. The molecule has 0 unspecified atom stereocenters. The van der Waals surface area contributed by atoms with Crippen LogP contribution in [0, 0.1) is 11.3 Å². The first kappa shape index (κ1) is 11.2. The maximum Gasteiger partial charge on any atom is 0.217 e. The van der Waals surface area contributed by atoms with Crippen LogP contribution in [0.3, 0.4) is 0 Å². The van der Waals surface area contributed by atoms with Crippen LogP contribution in [0.25, 0.3) is 0 Å². The highest BCUT2D eigenvalue weighted by Crippen LogP contribution is 2.19. The third kappa shape index (κ3) is 3.90. The number of rotatable bonds is 3. The number of aromatic nitrogens is 2. The van der Waals surface area contributed by atoms with E-state index in [4.69, 9.17) is 4.42 Å². The third-order valence-electron chi connectivity index (χ3n) is 1.77. The first-order valence-corrected chi connectivity index (χ1v) is 5.18. The minimum atomic E-state index is 0.210. The van der Waals surface area contributed by atoms with Crippen molar-refractivity contribution in [2.75, 3.05) is 0 Å². The molecule has 0 aromatic carbocycles. The summed E-state index contributed by atoms with van der Waals surface area (Å²) in [6.07, 6.45) is 1.72. The fourth-order valence-electron chi connectivity index (χ4n) is 1.25. The van der Waals surface area contributed by atoms with Gasteiger partial charge in [-0.15, -0.1) is 10.2 Å². The van der Waals surface area contributed by atoms with Gasteiger partial charge in [0.1, 0.15) is 0 Å². The Morgan fingerprint density at radius 2 is 1.71 bits per heavy atom. The standard InChI is InChI=1S/C11H20N2O/c1-8(2)6-9-12-13-10(14-9)7-11(3,4)5/h8H,6-7H2,1-5H3. The average Bonchev–Trinajstić information content (AvgIpc) is 2.30. The second kappa shape index (κ2) is 4.11. The molecule has 3 nitrogen and oxygen atoms in total. The van der Waals surface area contributed by atoms with Crippen LogP contribution in [0.5, 0.6) is 0 Å². The molecule has 0 atom stereocenters. The van der Waals surface area contributed by atoms with E-state index in [1.165, 1.54) is 0 Å². The molecular formula is C11H20N2O. The van der Waals surface area contributed by atoms with E-state index >= 15 is 0 Å². The minimum absolute atomic E-state index is 0.210. The lowest BCUT2D eigenvalue weighted by atomic mass is 9.92. The zero-order chi connectivity index (χ0) is 10.8. The van der Waals surface area contributed by atoms with Gasteiger partial charge in [-0.05, 0) is 11.3 Å². The number of nitrogens with zero attached hydrogens (tertiary/aromatic N) is 2. The zero-order valence-electron chi connectivity index (χ0n) is 9.79. The van der Waals surface area contributed by atoms with Gasteiger partial charge in [-0.1, -0.05) is 34.6 Å². The van der Waals surface area contributed by atoms with Crippen LogP contribution in [0.15, 0.2) is 4.42 Å². The van der Waals surface area contributed by atoms with Gasteiger partial charge in [0, 0.05) is 12.8 Å². The Morgan fingerprint density at radius 3 is 2.21 bits per heavy atom. The van der Waals surface area contributed by atoms with E-state index < -0.39 is 0 Å². The topological polar surface area (TPSA) is 38.9 Å². The van der Waals surface area contributed by atoms with Crippen LogP contribution in [-0.4, -0.2) is 10.2 Å². The van der Waals surface area contributed by atoms with Crippen molar-refractivity contribution in [2.24, 2.45) is 11.3 Å². The van der Waals surface area contributed by atoms with Gasteiger partial charge in [0.25, 0.3) is 0 Å². The summed E-state index contributed by atoms with van der Waals surface area (Å²) in [7, 11) is 0. The molecule has 80 valence electrons. The number of hydrogen-bond acceptors (Lipinski definition) is 3. The van der Waals surface area contributed by atoms with Crippen LogP contribution in [-0.2, 0) is 12.8 Å². The van der Waals surface area contributed by atoms with E-state index in [1.54, 1.807) is 0 Å². The summed E-state index contributed by atoms with van der Waals surface area (Å²) in [6.45, 7) is 10.8. The van der Waals surface area contributed by atoms with Gasteiger partial charge in [0.05, 0.1) is 0 Å². The van der Waals surface area contributed by atoms with Gasteiger partial charge < -0.3 is 4.42 Å². The second-order valence-electron chi connectivity index (χ2n) is 5.42. The summed E-state index contributed by atoms with van der Waals surface area (Å²) < 4.78 is 5.55. The molecule has 0 aliphatic heterocycles. The van der Waals surface area contributed by atoms with E-state index in [2.05, 4.69) is 44.8 Å². The van der Waals surface area contributed by atoms with Gasteiger partial charge in [0.2, 0.25) is 11.8 Å². The molecule has 3 heteroatoms. The molecule has 0 aliphatic rings. The largest absolute Gasteiger partial charge is 0.425 e. The molecule has 0 spiro atoms. The van der Waals surface area contributed by atoms with Crippen molar-refractivity contribution >= 4 is 0 Å². The molecule has 0 saturated carbocycles. The Balaban J connectivity index is 2.60. The van der Waals surface area contributed by atoms with Crippen molar-refractivity contribution in [1.29, 1.82) is 0 Å². The predicted molar refractivity (Wildman–Crippen MR) is 56.0 cm³/mol. The quantitative estimate of drug-likeness (QED) is 0.746. The highest BCUT2D eigenvalue weighted by Gasteiger charge is 2.16. The van der Waals surface area contributed by atoms with Gasteiger partial charge in [-0.3, -0.25) is 0 Å². The predicted octanol–water partition coefficient (Wildman–Crippen LogP) is 2.86.